The molecule has 0 aliphatic carbocycles. The summed E-state index contributed by atoms with van der Waals surface area (Å²) in [5.41, 5.74) is 13.9. The second-order valence-corrected chi connectivity index (χ2v) is 11.6. The van der Waals surface area contributed by atoms with Crippen LogP contribution in [0.2, 0.25) is 0 Å². The van der Waals surface area contributed by atoms with Crippen LogP contribution in [0.15, 0.2) is 170 Å². The van der Waals surface area contributed by atoms with Gasteiger partial charge in [-0.3, -0.25) is 0 Å². The van der Waals surface area contributed by atoms with E-state index in [1.54, 1.807) is 0 Å². The van der Waals surface area contributed by atoms with Crippen molar-refractivity contribution >= 4 is 11.0 Å². The van der Waals surface area contributed by atoms with E-state index < -0.39 is 0 Å². The summed E-state index contributed by atoms with van der Waals surface area (Å²) in [6, 6.07) is 59.7. The molecule has 0 aliphatic rings. The summed E-state index contributed by atoms with van der Waals surface area (Å²) >= 11 is 0. The van der Waals surface area contributed by atoms with E-state index in [1.165, 1.54) is 11.1 Å². The van der Waals surface area contributed by atoms with Crippen LogP contribution in [0.3, 0.4) is 0 Å². The quantitative estimate of drug-likeness (QED) is 0.187. The first kappa shape index (κ1) is 28.8. The first-order chi connectivity index (χ1) is 23.7. The molecule has 0 radical (unpaired) electrons. The summed E-state index contributed by atoms with van der Waals surface area (Å²) in [5, 5.41) is 9.43. The molecule has 4 nitrogen and oxygen atoms in total. The van der Waals surface area contributed by atoms with E-state index in [0.717, 1.165) is 67.2 Å². The fourth-order valence-electron chi connectivity index (χ4n) is 6.00. The van der Waals surface area contributed by atoms with Gasteiger partial charge in [-0.1, -0.05) is 133 Å². The van der Waals surface area contributed by atoms with Crippen LogP contribution in [-0.4, -0.2) is 15.0 Å². The average molecular weight is 613 g/mol. The van der Waals surface area contributed by atoms with Crippen molar-refractivity contribution in [1.82, 2.24) is 15.0 Å². The van der Waals surface area contributed by atoms with Gasteiger partial charge in [0.05, 0.1) is 45.4 Å². The fourth-order valence-corrected chi connectivity index (χ4v) is 6.00. The van der Waals surface area contributed by atoms with Gasteiger partial charge in [0.2, 0.25) is 0 Å². The fraction of sp³-hybridized carbons (Fsp3) is 0. The number of nitrogens with zero attached hydrogens (tertiary/aromatic N) is 4. The van der Waals surface area contributed by atoms with Crippen molar-refractivity contribution in [2.75, 3.05) is 0 Å². The van der Waals surface area contributed by atoms with Gasteiger partial charge in [-0.05, 0) is 58.7 Å². The summed E-state index contributed by atoms with van der Waals surface area (Å²) in [6.07, 6.45) is 0. The highest BCUT2D eigenvalue weighted by molar-refractivity contribution is 5.88. The van der Waals surface area contributed by atoms with Crippen molar-refractivity contribution in [2.24, 2.45) is 0 Å². The Hall–Kier alpha value is -6.70. The minimum atomic E-state index is 0.598. The standard InChI is InChI=1S/C44H28N4/c45-29-30-15-17-37(18-16-30)43-44(48-40-14-8-7-13-39(40)47-43)38-27-41(35-23-19-33(20-24-35)31-9-3-1-4-10-31)46-42(28-38)36-25-21-34(22-26-36)32-11-5-2-6-12-32/h1-28H. The van der Waals surface area contributed by atoms with Gasteiger partial charge in [-0.25, -0.2) is 15.0 Å². The topological polar surface area (TPSA) is 62.5 Å². The molecule has 0 unspecified atom stereocenters. The molecule has 0 saturated heterocycles. The molecule has 0 saturated carbocycles. The van der Waals surface area contributed by atoms with Gasteiger partial charge in [-0.2, -0.15) is 5.26 Å². The third kappa shape index (κ3) is 5.73. The zero-order chi connectivity index (χ0) is 32.3. The van der Waals surface area contributed by atoms with Crippen molar-refractivity contribution in [3.63, 3.8) is 0 Å². The smallest absolute Gasteiger partial charge is 0.0991 e. The lowest BCUT2D eigenvalue weighted by Crippen LogP contribution is -1.98. The van der Waals surface area contributed by atoms with E-state index in [0.29, 0.717) is 5.56 Å². The zero-order valence-corrected chi connectivity index (χ0v) is 26.0. The van der Waals surface area contributed by atoms with Crippen molar-refractivity contribution < 1.29 is 0 Å². The molecule has 0 N–H and O–H groups in total. The minimum absolute atomic E-state index is 0.598. The predicted molar refractivity (Wildman–Crippen MR) is 195 cm³/mol. The summed E-state index contributed by atoms with van der Waals surface area (Å²) in [7, 11) is 0. The van der Waals surface area contributed by atoms with E-state index in [9.17, 15) is 5.26 Å². The molecular formula is C44H28N4. The van der Waals surface area contributed by atoms with Crippen LogP contribution >= 0.6 is 0 Å². The highest BCUT2D eigenvalue weighted by Crippen LogP contribution is 2.36. The molecule has 2 heterocycles. The van der Waals surface area contributed by atoms with Gasteiger partial charge in [0, 0.05) is 22.3 Å². The van der Waals surface area contributed by atoms with Gasteiger partial charge < -0.3 is 0 Å². The Kier molecular flexibility index (Phi) is 7.54. The Balaban J connectivity index is 1.30. The van der Waals surface area contributed by atoms with Crippen molar-refractivity contribution in [3.8, 4) is 73.4 Å². The highest BCUT2D eigenvalue weighted by atomic mass is 14.8. The van der Waals surface area contributed by atoms with Crippen LogP contribution < -0.4 is 0 Å². The van der Waals surface area contributed by atoms with Crippen LogP contribution in [0.25, 0.3) is 78.3 Å². The monoisotopic (exact) mass is 612 g/mol. The number of nitriles is 1. The molecule has 0 atom stereocenters. The Morgan fingerprint density at radius 1 is 0.333 bits per heavy atom. The number of benzene rings is 6. The maximum atomic E-state index is 9.43. The molecule has 48 heavy (non-hydrogen) atoms. The molecule has 8 rings (SSSR count). The number of aromatic nitrogens is 3. The molecule has 224 valence electrons. The SMILES string of the molecule is N#Cc1ccc(-c2nc3ccccc3nc2-c2cc(-c3ccc(-c4ccccc4)cc3)nc(-c3ccc(-c4ccccc4)cc3)c2)cc1. The molecule has 0 amide bonds. The molecule has 2 aromatic heterocycles. The number of para-hydroxylation sites is 2. The Morgan fingerprint density at radius 2 is 0.708 bits per heavy atom. The maximum absolute atomic E-state index is 9.43. The molecule has 0 fully saturated rings. The number of hydrogen-bond donors (Lipinski definition) is 0. The molecule has 0 aliphatic heterocycles. The summed E-state index contributed by atoms with van der Waals surface area (Å²) in [6.45, 7) is 0. The first-order valence-electron chi connectivity index (χ1n) is 15.8. The number of rotatable bonds is 6. The van der Waals surface area contributed by atoms with E-state index in [4.69, 9.17) is 15.0 Å². The Bertz CT molecular complexity index is 2310. The van der Waals surface area contributed by atoms with Gasteiger partial charge in [0.15, 0.2) is 0 Å². The lowest BCUT2D eigenvalue weighted by Gasteiger charge is -2.14. The molecular weight excluding hydrogens is 585 g/mol. The third-order valence-corrected chi connectivity index (χ3v) is 8.53. The first-order valence-corrected chi connectivity index (χ1v) is 15.8. The Morgan fingerprint density at radius 3 is 1.17 bits per heavy atom. The van der Waals surface area contributed by atoms with Crippen LogP contribution in [0.4, 0.5) is 0 Å². The van der Waals surface area contributed by atoms with Crippen molar-refractivity contribution in [3.05, 3.63) is 175 Å². The largest absolute Gasteiger partial charge is 0.248 e. The van der Waals surface area contributed by atoms with Crippen molar-refractivity contribution in [1.29, 1.82) is 5.26 Å². The lowest BCUT2D eigenvalue weighted by molar-refractivity contribution is 1.27. The van der Waals surface area contributed by atoms with Gasteiger partial charge in [0.25, 0.3) is 0 Å². The third-order valence-electron chi connectivity index (χ3n) is 8.53. The van der Waals surface area contributed by atoms with E-state index in [1.807, 2.05) is 60.7 Å². The summed E-state index contributed by atoms with van der Waals surface area (Å²) < 4.78 is 0. The van der Waals surface area contributed by atoms with E-state index >= 15 is 0 Å². The van der Waals surface area contributed by atoms with Crippen LogP contribution in [0.5, 0.6) is 0 Å². The van der Waals surface area contributed by atoms with E-state index in [-0.39, 0.29) is 0 Å². The van der Waals surface area contributed by atoms with Crippen molar-refractivity contribution in [2.45, 2.75) is 0 Å². The van der Waals surface area contributed by atoms with Crippen LogP contribution in [0.1, 0.15) is 5.56 Å². The summed E-state index contributed by atoms with van der Waals surface area (Å²) in [4.78, 5) is 15.5. The zero-order valence-electron chi connectivity index (χ0n) is 26.0. The van der Waals surface area contributed by atoms with Gasteiger partial charge >= 0.3 is 0 Å². The Labute approximate surface area is 279 Å². The van der Waals surface area contributed by atoms with Crippen LogP contribution in [-0.2, 0) is 0 Å². The van der Waals surface area contributed by atoms with Crippen LogP contribution in [0, 0.1) is 11.3 Å². The molecule has 4 heteroatoms. The number of fused-ring (bicyclic) bond motifs is 1. The normalized spacial score (nSPS) is 10.9. The second kappa shape index (κ2) is 12.6. The molecule has 0 spiro atoms. The highest BCUT2D eigenvalue weighted by Gasteiger charge is 2.17. The predicted octanol–water partition coefficient (Wildman–Crippen LogP) is 10.9. The molecule has 8 aromatic rings. The molecule has 0 bridgehead atoms. The minimum Gasteiger partial charge on any atom is -0.248 e. The summed E-state index contributed by atoms with van der Waals surface area (Å²) in [5.74, 6) is 0. The number of pyridine rings is 1. The van der Waals surface area contributed by atoms with Gasteiger partial charge in [0.1, 0.15) is 0 Å². The van der Waals surface area contributed by atoms with Gasteiger partial charge in [-0.15, -0.1) is 0 Å². The lowest BCUT2D eigenvalue weighted by atomic mass is 9.97. The second-order valence-electron chi connectivity index (χ2n) is 11.6. The average Bonchev–Trinajstić information content (AvgIpc) is 3.18. The van der Waals surface area contributed by atoms with E-state index in [2.05, 4.69) is 115 Å². The number of hydrogen-bond acceptors (Lipinski definition) is 4. The maximum Gasteiger partial charge on any atom is 0.0991 e. The molecule has 6 aromatic carbocycles.